The summed E-state index contributed by atoms with van der Waals surface area (Å²) >= 11 is 0. The molecule has 1 aromatic rings. The molecule has 0 aliphatic carbocycles. The van der Waals surface area contributed by atoms with Gasteiger partial charge in [-0.2, -0.15) is 0 Å². The molecule has 0 amide bonds. The van der Waals surface area contributed by atoms with Crippen LogP contribution in [0.4, 0.5) is 0 Å². The molecule has 0 atom stereocenters. The zero-order chi connectivity index (χ0) is 14.5. The number of aliphatic hydroxyl groups is 1. The van der Waals surface area contributed by atoms with Crippen LogP contribution in [0.3, 0.4) is 0 Å². The Bertz CT molecular complexity index is 497. The lowest BCUT2D eigenvalue weighted by Crippen LogP contribution is -2.29. The van der Waals surface area contributed by atoms with Gasteiger partial charge in [-0.15, -0.1) is 0 Å². The van der Waals surface area contributed by atoms with Crippen LogP contribution in [0.15, 0.2) is 24.3 Å². The average molecular weight is 285 g/mol. The number of aliphatic hydroxyl groups excluding tert-OH is 1. The predicted molar refractivity (Wildman–Crippen MR) is 77.1 cm³/mol. The summed E-state index contributed by atoms with van der Waals surface area (Å²) in [5.74, 6) is 0.463. The fourth-order valence-corrected chi connectivity index (χ4v) is 2.92. The summed E-state index contributed by atoms with van der Waals surface area (Å²) in [4.78, 5) is 0. The van der Waals surface area contributed by atoms with E-state index in [-0.39, 0.29) is 12.4 Å². The SMILES string of the molecule is CC(C)CCN(C)S(=O)(=O)Cc1cccc(CO)c1. The maximum absolute atomic E-state index is 12.2. The van der Waals surface area contributed by atoms with Crippen molar-refractivity contribution in [3.8, 4) is 0 Å². The van der Waals surface area contributed by atoms with Crippen LogP contribution in [0.1, 0.15) is 31.4 Å². The molecule has 5 heteroatoms. The molecule has 0 unspecified atom stereocenters. The minimum Gasteiger partial charge on any atom is -0.392 e. The molecule has 0 saturated carbocycles. The van der Waals surface area contributed by atoms with Gasteiger partial charge in [0.25, 0.3) is 0 Å². The third kappa shape index (κ3) is 5.30. The van der Waals surface area contributed by atoms with Gasteiger partial charge in [0.15, 0.2) is 0 Å². The van der Waals surface area contributed by atoms with E-state index in [4.69, 9.17) is 5.11 Å². The summed E-state index contributed by atoms with van der Waals surface area (Å²) in [7, 11) is -1.66. The Kier molecular flexibility index (Phi) is 5.97. The second kappa shape index (κ2) is 7.03. The van der Waals surface area contributed by atoms with Gasteiger partial charge in [-0.25, -0.2) is 12.7 Å². The maximum Gasteiger partial charge on any atom is 0.218 e. The van der Waals surface area contributed by atoms with E-state index in [2.05, 4.69) is 13.8 Å². The third-order valence-electron chi connectivity index (χ3n) is 3.02. The Morgan fingerprint density at radius 2 is 1.89 bits per heavy atom. The quantitative estimate of drug-likeness (QED) is 0.833. The molecule has 0 spiro atoms. The van der Waals surface area contributed by atoms with Crippen molar-refractivity contribution in [3.05, 3.63) is 35.4 Å². The van der Waals surface area contributed by atoms with E-state index in [1.165, 1.54) is 4.31 Å². The van der Waals surface area contributed by atoms with Gasteiger partial charge >= 0.3 is 0 Å². The van der Waals surface area contributed by atoms with E-state index in [1.807, 2.05) is 0 Å². The van der Waals surface area contributed by atoms with Crippen LogP contribution in [-0.4, -0.2) is 31.4 Å². The highest BCUT2D eigenvalue weighted by Gasteiger charge is 2.18. The smallest absolute Gasteiger partial charge is 0.218 e. The molecular weight excluding hydrogens is 262 g/mol. The van der Waals surface area contributed by atoms with Crippen molar-refractivity contribution in [2.45, 2.75) is 32.6 Å². The van der Waals surface area contributed by atoms with Gasteiger partial charge in [0.1, 0.15) is 0 Å². The molecule has 19 heavy (non-hydrogen) atoms. The molecule has 0 bridgehead atoms. The Morgan fingerprint density at radius 1 is 1.26 bits per heavy atom. The van der Waals surface area contributed by atoms with Crippen molar-refractivity contribution in [2.75, 3.05) is 13.6 Å². The van der Waals surface area contributed by atoms with Gasteiger partial charge in [-0.05, 0) is 23.5 Å². The fourth-order valence-electron chi connectivity index (χ4n) is 1.72. The average Bonchev–Trinajstić information content (AvgIpc) is 2.35. The van der Waals surface area contributed by atoms with Crippen LogP contribution >= 0.6 is 0 Å². The number of nitrogens with zero attached hydrogens (tertiary/aromatic N) is 1. The molecule has 0 fully saturated rings. The van der Waals surface area contributed by atoms with Gasteiger partial charge in [0.05, 0.1) is 12.4 Å². The van der Waals surface area contributed by atoms with E-state index in [0.29, 0.717) is 18.0 Å². The highest BCUT2D eigenvalue weighted by molar-refractivity contribution is 7.88. The number of rotatable bonds is 7. The third-order valence-corrected chi connectivity index (χ3v) is 4.85. The van der Waals surface area contributed by atoms with Crippen molar-refractivity contribution in [1.29, 1.82) is 0 Å². The lowest BCUT2D eigenvalue weighted by molar-refractivity contribution is 0.281. The molecule has 0 aromatic heterocycles. The number of benzene rings is 1. The van der Waals surface area contributed by atoms with Crippen molar-refractivity contribution >= 4 is 10.0 Å². The van der Waals surface area contributed by atoms with Gasteiger partial charge in [-0.1, -0.05) is 38.1 Å². The molecule has 1 rings (SSSR count). The molecule has 0 aliphatic rings. The van der Waals surface area contributed by atoms with E-state index in [0.717, 1.165) is 12.0 Å². The van der Waals surface area contributed by atoms with Crippen molar-refractivity contribution < 1.29 is 13.5 Å². The van der Waals surface area contributed by atoms with E-state index in [1.54, 1.807) is 31.3 Å². The van der Waals surface area contributed by atoms with Crippen LogP contribution < -0.4 is 0 Å². The van der Waals surface area contributed by atoms with Crippen LogP contribution in [0.25, 0.3) is 0 Å². The summed E-state index contributed by atoms with van der Waals surface area (Å²) in [5.41, 5.74) is 1.44. The summed E-state index contributed by atoms with van der Waals surface area (Å²) in [6, 6.07) is 7.05. The molecule has 1 aromatic carbocycles. The molecule has 1 N–H and O–H groups in total. The summed E-state index contributed by atoms with van der Waals surface area (Å²) in [6.45, 7) is 4.62. The van der Waals surface area contributed by atoms with Gasteiger partial charge in [0, 0.05) is 13.6 Å². The van der Waals surface area contributed by atoms with Gasteiger partial charge in [0.2, 0.25) is 10.0 Å². The van der Waals surface area contributed by atoms with Crippen LogP contribution in [-0.2, 0) is 22.4 Å². The zero-order valence-corrected chi connectivity index (χ0v) is 12.7. The van der Waals surface area contributed by atoms with E-state index < -0.39 is 10.0 Å². The molecule has 0 aliphatic heterocycles. The lowest BCUT2D eigenvalue weighted by Gasteiger charge is -2.18. The summed E-state index contributed by atoms with van der Waals surface area (Å²) in [6.07, 6.45) is 0.854. The highest BCUT2D eigenvalue weighted by Crippen LogP contribution is 2.13. The Labute approximate surface area is 116 Å². The van der Waals surface area contributed by atoms with E-state index in [9.17, 15) is 8.42 Å². The van der Waals surface area contributed by atoms with Gasteiger partial charge < -0.3 is 5.11 Å². The van der Waals surface area contributed by atoms with Crippen LogP contribution in [0, 0.1) is 5.92 Å². The Hall–Kier alpha value is -0.910. The van der Waals surface area contributed by atoms with Crippen LogP contribution in [0.2, 0.25) is 0 Å². The molecule has 0 radical (unpaired) electrons. The Morgan fingerprint density at radius 3 is 2.47 bits per heavy atom. The second-order valence-electron chi connectivity index (χ2n) is 5.24. The predicted octanol–water partition coefficient (Wildman–Crippen LogP) is 1.99. The minimum absolute atomic E-state index is 0.0184. The van der Waals surface area contributed by atoms with E-state index >= 15 is 0 Å². The molecule has 108 valence electrons. The largest absolute Gasteiger partial charge is 0.392 e. The number of sulfonamides is 1. The molecular formula is C14H23NO3S. The van der Waals surface area contributed by atoms with Crippen molar-refractivity contribution in [2.24, 2.45) is 5.92 Å². The number of hydrogen-bond acceptors (Lipinski definition) is 3. The summed E-state index contributed by atoms with van der Waals surface area (Å²) in [5, 5.41) is 9.05. The molecule has 0 saturated heterocycles. The lowest BCUT2D eigenvalue weighted by atomic mass is 10.1. The first-order valence-electron chi connectivity index (χ1n) is 6.48. The fraction of sp³-hybridized carbons (Fsp3) is 0.571. The number of hydrogen-bond donors (Lipinski definition) is 1. The second-order valence-corrected chi connectivity index (χ2v) is 7.31. The highest BCUT2D eigenvalue weighted by atomic mass is 32.2. The monoisotopic (exact) mass is 285 g/mol. The zero-order valence-electron chi connectivity index (χ0n) is 11.8. The topological polar surface area (TPSA) is 57.6 Å². The first kappa shape index (κ1) is 16.1. The van der Waals surface area contributed by atoms with Gasteiger partial charge in [-0.3, -0.25) is 0 Å². The van der Waals surface area contributed by atoms with Crippen molar-refractivity contribution in [1.82, 2.24) is 4.31 Å². The molecule has 0 heterocycles. The standard InChI is InChI=1S/C14H23NO3S/c1-12(2)7-8-15(3)19(17,18)11-14-6-4-5-13(9-14)10-16/h4-6,9,12,16H,7-8,10-11H2,1-3H3. The maximum atomic E-state index is 12.2. The van der Waals surface area contributed by atoms with Crippen molar-refractivity contribution in [3.63, 3.8) is 0 Å². The van der Waals surface area contributed by atoms with Crippen LogP contribution in [0.5, 0.6) is 0 Å². The summed E-state index contributed by atoms with van der Waals surface area (Å²) < 4.78 is 25.8. The normalized spacial score (nSPS) is 12.3. The molecule has 4 nitrogen and oxygen atoms in total. The first-order valence-corrected chi connectivity index (χ1v) is 8.08. The Balaban J connectivity index is 2.72. The first-order chi connectivity index (χ1) is 8.85. The minimum atomic E-state index is -3.28.